The molecule has 2 aliphatic rings. The van der Waals surface area contributed by atoms with E-state index in [1.807, 2.05) is 0 Å². The van der Waals surface area contributed by atoms with Gasteiger partial charge in [-0.05, 0) is 19.3 Å². The summed E-state index contributed by atoms with van der Waals surface area (Å²) in [6, 6.07) is 0.899. The van der Waals surface area contributed by atoms with Gasteiger partial charge in [-0.15, -0.1) is 24.2 Å². The van der Waals surface area contributed by atoms with Gasteiger partial charge in [-0.3, -0.25) is 4.99 Å². The average molecular weight is 191 g/mol. The molecule has 0 radical (unpaired) electrons. The van der Waals surface area contributed by atoms with E-state index in [1.165, 1.54) is 0 Å². The summed E-state index contributed by atoms with van der Waals surface area (Å²) in [6.07, 6.45) is 3.24. The first-order valence-electron chi connectivity index (χ1n) is 3.93. The zero-order chi connectivity index (χ0) is 7.84. The van der Waals surface area contributed by atoms with Crippen LogP contribution in [-0.4, -0.2) is 22.6 Å². The van der Waals surface area contributed by atoms with E-state index < -0.39 is 0 Å². The molecule has 1 aliphatic carbocycles. The monoisotopic (exact) mass is 190 g/mol. The molecule has 0 amide bonds. The number of amidine groups is 1. The molecule has 1 fully saturated rings. The highest BCUT2D eigenvalue weighted by Crippen LogP contribution is 2.28. The van der Waals surface area contributed by atoms with E-state index in [2.05, 4.69) is 22.9 Å². The van der Waals surface area contributed by atoms with E-state index in [4.69, 9.17) is 11.6 Å². The van der Waals surface area contributed by atoms with E-state index in [1.54, 1.807) is 0 Å². The van der Waals surface area contributed by atoms with E-state index >= 15 is 0 Å². The second-order valence-corrected chi connectivity index (χ2v) is 4.22. The van der Waals surface area contributed by atoms with Crippen LogP contribution in [0, 0.1) is 0 Å². The molecule has 1 saturated carbocycles. The maximum atomic E-state index is 6.01. The highest BCUT2D eigenvalue weighted by Gasteiger charge is 2.33. The zero-order valence-corrected chi connectivity index (χ0v) is 7.78. The number of nitrogens with zero attached hydrogens (tertiary/aromatic N) is 1. The van der Waals surface area contributed by atoms with Crippen molar-refractivity contribution in [3.05, 3.63) is 0 Å². The number of rotatable bonds is 0. The molecule has 0 bridgehead atoms. The third kappa shape index (κ3) is 1.49. The van der Waals surface area contributed by atoms with Gasteiger partial charge in [-0.2, -0.15) is 0 Å². The summed E-state index contributed by atoms with van der Waals surface area (Å²) in [5.74, 6) is 0. The summed E-state index contributed by atoms with van der Waals surface area (Å²) < 4.78 is 0. The number of halogens is 1. The molecule has 11 heavy (non-hydrogen) atoms. The van der Waals surface area contributed by atoms with Crippen LogP contribution in [0.5, 0.6) is 0 Å². The largest absolute Gasteiger partial charge is 0.360 e. The lowest BCUT2D eigenvalue weighted by atomic mass is 9.91. The second kappa shape index (κ2) is 2.87. The van der Waals surface area contributed by atoms with Crippen molar-refractivity contribution >= 4 is 29.4 Å². The minimum absolute atomic E-state index is 0.320. The van der Waals surface area contributed by atoms with E-state index in [0.717, 1.165) is 24.4 Å². The molecule has 3 unspecified atom stereocenters. The first kappa shape index (κ1) is 7.74. The van der Waals surface area contributed by atoms with Crippen molar-refractivity contribution in [2.45, 2.75) is 36.7 Å². The van der Waals surface area contributed by atoms with Crippen LogP contribution in [-0.2, 0) is 0 Å². The Kier molecular flexibility index (Phi) is 2.02. The van der Waals surface area contributed by atoms with Gasteiger partial charge < -0.3 is 5.32 Å². The van der Waals surface area contributed by atoms with Crippen LogP contribution in [0.1, 0.15) is 19.3 Å². The number of aliphatic imine (C=N–C) groups is 1. The molecule has 0 aromatic carbocycles. The number of hydrogen-bond acceptors (Lipinski definition) is 2. The van der Waals surface area contributed by atoms with Gasteiger partial charge >= 0.3 is 0 Å². The third-order valence-corrected chi connectivity index (χ3v) is 3.00. The van der Waals surface area contributed by atoms with Crippen LogP contribution in [0.15, 0.2) is 4.99 Å². The predicted octanol–water partition coefficient (Wildman–Crippen LogP) is 1.40. The van der Waals surface area contributed by atoms with Crippen molar-refractivity contribution in [3.8, 4) is 0 Å². The Morgan fingerprint density at radius 1 is 1.55 bits per heavy atom. The van der Waals surface area contributed by atoms with Crippen LogP contribution in [0.4, 0.5) is 0 Å². The molecule has 3 atom stereocenters. The first-order chi connectivity index (χ1) is 5.25. The first-order valence-corrected chi connectivity index (χ1v) is 4.81. The van der Waals surface area contributed by atoms with Gasteiger partial charge in [0.2, 0.25) is 0 Å². The minimum Gasteiger partial charge on any atom is -0.360 e. The Morgan fingerprint density at radius 2 is 2.36 bits per heavy atom. The molecule has 0 saturated heterocycles. The molecule has 1 aliphatic heterocycles. The molecule has 1 N–H and O–H groups in total. The fourth-order valence-corrected chi connectivity index (χ4v) is 2.39. The highest BCUT2D eigenvalue weighted by molar-refractivity contribution is 7.96. The molecule has 1 heterocycles. The topological polar surface area (TPSA) is 24.4 Å². The van der Waals surface area contributed by atoms with Crippen LogP contribution in [0.2, 0.25) is 0 Å². The quantitative estimate of drug-likeness (QED) is 0.438. The van der Waals surface area contributed by atoms with Gasteiger partial charge in [0.1, 0.15) is 0 Å². The summed E-state index contributed by atoms with van der Waals surface area (Å²) in [4.78, 5) is 4.35. The fourth-order valence-electron chi connectivity index (χ4n) is 1.77. The third-order valence-electron chi connectivity index (χ3n) is 2.36. The molecular formula is C7H11ClN2S. The summed E-state index contributed by atoms with van der Waals surface area (Å²) in [7, 11) is 0. The molecule has 2 rings (SSSR count). The van der Waals surface area contributed by atoms with Crippen LogP contribution in [0.3, 0.4) is 0 Å². The molecule has 0 spiro atoms. The van der Waals surface area contributed by atoms with Crippen molar-refractivity contribution < 1.29 is 0 Å². The Hall–Kier alpha value is 0.110. The number of nitrogens with one attached hydrogen (secondary N) is 1. The molecule has 62 valence electrons. The average Bonchev–Trinajstić information content (AvgIpc) is 2.27. The minimum atomic E-state index is 0.320. The number of thiol groups is 1. The van der Waals surface area contributed by atoms with Gasteiger partial charge in [-0.25, -0.2) is 0 Å². The van der Waals surface area contributed by atoms with E-state index in [0.29, 0.717) is 17.5 Å². The Labute approximate surface area is 76.8 Å². The number of hydrogen-bond donors (Lipinski definition) is 2. The maximum Gasteiger partial charge on any atom is 0.154 e. The highest BCUT2D eigenvalue weighted by atomic mass is 35.5. The van der Waals surface area contributed by atoms with Gasteiger partial charge in [0.25, 0.3) is 0 Å². The molecule has 0 aromatic rings. The summed E-state index contributed by atoms with van der Waals surface area (Å²) in [5, 5.41) is 4.34. The van der Waals surface area contributed by atoms with Crippen molar-refractivity contribution in [3.63, 3.8) is 0 Å². The smallest absolute Gasteiger partial charge is 0.154 e. The SMILES string of the molecule is SC1=NC2CC(Cl)CCC2N1. The normalized spacial score (nSPS) is 42.7. The van der Waals surface area contributed by atoms with Gasteiger partial charge in [0, 0.05) is 5.38 Å². The van der Waals surface area contributed by atoms with Crippen molar-refractivity contribution in [2.75, 3.05) is 0 Å². The van der Waals surface area contributed by atoms with Crippen molar-refractivity contribution in [2.24, 2.45) is 4.99 Å². The lowest BCUT2D eigenvalue weighted by molar-refractivity contribution is 0.389. The van der Waals surface area contributed by atoms with Crippen molar-refractivity contribution in [1.82, 2.24) is 5.32 Å². The fraction of sp³-hybridized carbons (Fsp3) is 0.857. The van der Waals surface area contributed by atoms with Crippen LogP contribution >= 0.6 is 24.2 Å². The lowest BCUT2D eigenvalue weighted by Gasteiger charge is -2.26. The predicted molar refractivity (Wildman–Crippen MR) is 50.6 cm³/mol. The lowest BCUT2D eigenvalue weighted by Crippen LogP contribution is -2.38. The van der Waals surface area contributed by atoms with Crippen molar-refractivity contribution in [1.29, 1.82) is 0 Å². The number of fused-ring (bicyclic) bond motifs is 1. The van der Waals surface area contributed by atoms with E-state index in [-0.39, 0.29) is 0 Å². The van der Waals surface area contributed by atoms with Gasteiger partial charge in [0.05, 0.1) is 12.1 Å². The summed E-state index contributed by atoms with van der Waals surface area (Å²) >= 11 is 10.2. The summed E-state index contributed by atoms with van der Waals surface area (Å²) in [5.41, 5.74) is 0. The molecule has 4 heteroatoms. The van der Waals surface area contributed by atoms with Gasteiger partial charge in [-0.1, -0.05) is 0 Å². The Balaban J connectivity index is 2.05. The second-order valence-electron chi connectivity index (χ2n) is 3.18. The maximum absolute atomic E-state index is 6.01. The Morgan fingerprint density at radius 3 is 3.18 bits per heavy atom. The van der Waals surface area contributed by atoms with Crippen LogP contribution < -0.4 is 5.32 Å². The van der Waals surface area contributed by atoms with Crippen LogP contribution in [0.25, 0.3) is 0 Å². The molecular weight excluding hydrogens is 180 g/mol. The van der Waals surface area contributed by atoms with Gasteiger partial charge in [0.15, 0.2) is 5.17 Å². The molecule has 2 nitrogen and oxygen atoms in total. The number of alkyl halides is 1. The molecule has 0 aromatic heterocycles. The zero-order valence-electron chi connectivity index (χ0n) is 6.13. The summed E-state index contributed by atoms with van der Waals surface area (Å²) in [6.45, 7) is 0. The van der Waals surface area contributed by atoms with E-state index in [9.17, 15) is 0 Å². The standard InChI is InChI=1S/C7H11ClN2S/c8-4-1-2-5-6(3-4)10-7(11)9-5/h4-6H,1-3H2,(H2,9,10,11). The Bertz CT molecular complexity index is 195.